The maximum Gasteiger partial charge on any atom is 0.409 e. The van der Waals surface area contributed by atoms with Crippen molar-refractivity contribution < 1.29 is 14.3 Å². The fraction of sp³-hybridized carbons (Fsp3) is 0.643. The molecule has 5 rings (SSSR count). The number of benzene rings is 1. The number of fused-ring (bicyclic) bond motifs is 1. The standard InChI is InChI=1S/C28H39ClN4O3S/c1-4-18(5-2)23-13-20(19-9-7-6-8-10-19)11-12-33(23)25(34)21-14-30-16-28(21)17-32(27(35)36-3)15-22-24(28)37-26(29)31-22/h6-10,18,20-21,23,26,30-31H,4-5,11-17H2,1-3H3/t20-,21+,23+,26?,28+/m1/s1. The number of thioether (sulfide) groups is 1. The smallest absolute Gasteiger partial charge is 0.409 e. The van der Waals surface area contributed by atoms with Crippen LogP contribution in [-0.4, -0.2) is 72.5 Å². The van der Waals surface area contributed by atoms with E-state index in [0.29, 0.717) is 38.0 Å². The molecular weight excluding hydrogens is 508 g/mol. The number of methoxy groups -OCH3 is 1. The monoisotopic (exact) mass is 546 g/mol. The zero-order valence-electron chi connectivity index (χ0n) is 22.0. The van der Waals surface area contributed by atoms with Gasteiger partial charge in [-0.2, -0.15) is 0 Å². The number of rotatable bonds is 5. The maximum atomic E-state index is 14.5. The molecule has 0 bridgehead atoms. The van der Waals surface area contributed by atoms with Gasteiger partial charge in [-0.15, -0.1) is 0 Å². The van der Waals surface area contributed by atoms with Crippen LogP contribution in [0.25, 0.3) is 0 Å². The summed E-state index contributed by atoms with van der Waals surface area (Å²) in [5.74, 6) is 0.886. The van der Waals surface area contributed by atoms with Gasteiger partial charge in [0.25, 0.3) is 0 Å². The van der Waals surface area contributed by atoms with E-state index in [2.05, 4.69) is 59.7 Å². The second-order valence-corrected chi connectivity index (χ2v) is 12.7. The van der Waals surface area contributed by atoms with Crippen molar-refractivity contribution in [1.82, 2.24) is 20.4 Å². The summed E-state index contributed by atoms with van der Waals surface area (Å²) in [6.07, 6.45) is 3.71. The van der Waals surface area contributed by atoms with Crippen molar-refractivity contribution in [3.8, 4) is 0 Å². The molecule has 2 amide bonds. The van der Waals surface area contributed by atoms with Crippen molar-refractivity contribution in [3.05, 3.63) is 46.5 Å². The van der Waals surface area contributed by atoms with Gasteiger partial charge < -0.3 is 25.2 Å². The van der Waals surface area contributed by atoms with Gasteiger partial charge in [0.05, 0.1) is 19.6 Å². The lowest BCUT2D eigenvalue weighted by Gasteiger charge is -2.48. The Kier molecular flexibility index (Phi) is 7.99. The Hall–Kier alpha value is -1.90. The third-order valence-corrected chi connectivity index (χ3v) is 10.6. The van der Waals surface area contributed by atoms with E-state index >= 15 is 0 Å². The van der Waals surface area contributed by atoms with E-state index < -0.39 is 5.41 Å². The number of likely N-dealkylation sites (tertiary alicyclic amines) is 1. The number of amides is 2. The zero-order chi connectivity index (χ0) is 26.2. The molecular formula is C28H39ClN4O3S. The van der Waals surface area contributed by atoms with Crippen LogP contribution >= 0.6 is 23.4 Å². The number of hydrogen-bond donors (Lipinski definition) is 2. The minimum Gasteiger partial charge on any atom is -0.453 e. The number of ether oxygens (including phenoxy) is 1. The van der Waals surface area contributed by atoms with Crippen LogP contribution in [0.15, 0.2) is 40.9 Å². The molecule has 37 heavy (non-hydrogen) atoms. The Labute approximate surface area is 229 Å². The minimum absolute atomic E-state index is 0.211. The quantitative estimate of drug-likeness (QED) is 0.417. The Morgan fingerprint density at radius 3 is 2.70 bits per heavy atom. The van der Waals surface area contributed by atoms with Crippen LogP contribution in [-0.2, 0) is 9.53 Å². The van der Waals surface area contributed by atoms with Crippen molar-refractivity contribution in [2.75, 3.05) is 39.8 Å². The van der Waals surface area contributed by atoms with Gasteiger partial charge in [-0.25, -0.2) is 4.79 Å². The number of halogens is 1. The predicted molar refractivity (Wildman–Crippen MR) is 148 cm³/mol. The number of carbonyl (C=O) groups excluding carboxylic acids is 2. The molecule has 2 fully saturated rings. The van der Waals surface area contributed by atoms with E-state index in [9.17, 15) is 9.59 Å². The van der Waals surface area contributed by atoms with Gasteiger partial charge in [0.1, 0.15) is 0 Å². The van der Waals surface area contributed by atoms with Gasteiger partial charge in [0.15, 0.2) is 4.83 Å². The van der Waals surface area contributed by atoms with Gasteiger partial charge in [-0.3, -0.25) is 4.79 Å². The lowest BCUT2D eigenvalue weighted by atomic mass is 9.72. The van der Waals surface area contributed by atoms with E-state index in [4.69, 9.17) is 16.3 Å². The average molecular weight is 547 g/mol. The van der Waals surface area contributed by atoms with E-state index in [1.54, 1.807) is 16.7 Å². The van der Waals surface area contributed by atoms with Gasteiger partial charge in [0.2, 0.25) is 5.91 Å². The molecule has 7 nitrogen and oxygen atoms in total. The second-order valence-electron chi connectivity index (χ2n) is 10.9. The Bertz CT molecular complexity index is 1040. The Morgan fingerprint density at radius 2 is 2.00 bits per heavy atom. The van der Waals surface area contributed by atoms with Crippen molar-refractivity contribution >= 4 is 35.4 Å². The lowest BCUT2D eigenvalue weighted by Crippen LogP contribution is -2.57. The molecule has 202 valence electrons. The van der Waals surface area contributed by atoms with Crippen LogP contribution in [0.2, 0.25) is 0 Å². The highest BCUT2D eigenvalue weighted by Gasteiger charge is 2.57. The molecule has 5 atom stereocenters. The number of piperidine rings is 1. The molecule has 1 aromatic rings. The molecule has 4 heterocycles. The van der Waals surface area contributed by atoms with E-state index in [1.807, 2.05) is 0 Å². The molecule has 0 aliphatic carbocycles. The first-order chi connectivity index (χ1) is 17.9. The molecule has 0 radical (unpaired) electrons. The molecule has 2 N–H and O–H groups in total. The highest BCUT2D eigenvalue weighted by Crippen LogP contribution is 2.53. The molecule has 4 aliphatic rings. The second kappa shape index (κ2) is 11.1. The lowest BCUT2D eigenvalue weighted by molar-refractivity contribution is -0.143. The van der Waals surface area contributed by atoms with Crippen LogP contribution in [0.1, 0.15) is 51.0 Å². The third-order valence-electron chi connectivity index (χ3n) is 9.04. The van der Waals surface area contributed by atoms with Crippen LogP contribution < -0.4 is 10.6 Å². The van der Waals surface area contributed by atoms with E-state index in [1.165, 1.54) is 12.7 Å². The third kappa shape index (κ3) is 4.85. The first-order valence-electron chi connectivity index (χ1n) is 13.6. The predicted octanol–water partition coefficient (Wildman–Crippen LogP) is 4.56. The number of hydrogen-bond acceptors (Lipinski definition) is 6. The molecule has 1 spiro atoms. The minimum atomic E-state index is -0.505. The van der Waals surface area contributed by atoms with Crippen molar-refractivity contribution in [1.29, 1.82) is 0 Å². The summed E-state index contributed by atoms with van der Waals surface area (Å²) >= 11 is 8.12. The fourth-order valence-corrected chi connectivity index (χ4v) is 8.71. The van der Waals surface area contributed by atoms with E-state index in [-0.39, 0.29) is 28.8 Å². The fourth-order valence-electron chi connectivity index (χ4n) is 7.12. The molecule has 1 aromatic carbocycles. The van der Waals surface area contributed by atoms with Gasteiger partial charge in [-0.05, 0) is 30.2 Å². The van der Waals surface area contributed by atoms with Gasteiger partial charge in [0, 0.05) is 48.2 Å². The summed E-state index contributed by atoms with van der Waals surface area (Å²) in [4.78, 5) is 32.0. The summed E-state index contributed by atoms with van der Waals surface area (Å²) in [5, 5.41) is 6.85. The Balaban J connectivity index is 1.45. The normalized spacial score (nSPS) is 31.6. The van der Waals surface area contributed by atoms with Crippen molar-refractivity contribution in [3.63, 3.8) is 0 Å². The number of carbonyl (C=O) groups is 2. The van der Waals surface area contributed by atoms with Crippen LogP contribution in [0.5, 0.6) is 0 Å². The molecule has 0 saturated carbocycles. The molecule has 0 aromatic heterocycles. The first kappa shape index (κ1) is 26.7. The highest BCUT2D eigenvalue weighted by molar-refractivity contribution is 8.05. The average Bonchev–Trinajstić information content (AvgIpc) is 3.52. The summed E-state index contributed by atoms with van der Waals surface area (Å²) < 4.78 is 5.09. The topological polar surface area (TPSA) is 73.9 Å². The summed E-state index contributed by atoms with van der Waals surface area (Å²) in [5.41, 5.74) is 1.82. The van der Waals surface area contributed by atoms with Crippen molar-refractivity contribution in [2.45, 2.75) is 56.3 Å². The molecule has 1 unspecified atom stereocenters. The molecule has 4 aliphatic heterocycles. The van der Waals surface area contributed by atoms with Crippen LogP contribution in [0.4, 0.5) is 4.79 Å². The van der Waals surface area contributed by atoms with Gasteiger partial charge >= 0.3 is 6.09 Å². The largest absolute Gasteiger partial charge is 0.453 e. The first-order valence-corrected chi connectivity index (χ1v) is 14.9. The molecule has 9 heteroatoms. The number of alkyl halides is 1. The summed E-state index contributed by atoms with van der Waals surface area (Å²) in [6.45, 7) is 7.39. The van der Waals surface area contributed by atoms with Gasteiger partial charge in [-0.1, -0.05) is 80.4 Å². The summed E-state index contributed by atoms with van der Waals surface area (Å²) in [6, 6.07) is 11.0. The number of nitrogens with one attached hydrogen (secondary N) is 2. The highest BCUT2D eigenvalue weighted by atomic mass is 35.5. The number of nitrogens with zero attached hydrogens (tertiary/aromatic N) is 2. The van der Waals surface area contributed by atoms with Crippen molar-refractivity contribution in [2.24, 2.45) is 17.3 Å². The Morgan fingerprint density at radius 1 is 1.24 bits per heavy atom. The zero-order valence-corrected chi connectivity index (χ0v) is 23.6. The van der Waals surface area contributed by atoms with E-state index in [0.717, 1.165) is 42.8 Å². The SMILES string of the molecule is CCC(CC)[C@@H]1C[C@H](c2ccccc2)CCN1C(=O)[C@@H]1CNC[C@]12CN(C(=O)OC)CC1=C2SC(Cl)N1. The van der Waals surface area contributed by atoms with Crippen LogP contribution in [0, 0.1) is 17.3 Å². The van der Waals surface area contributed by atoms with Crippen LogP contribution in [0.3, 0.4) is 0 Å². The molecule has 2 saturated heterocycles. The summed E-state index contributed by atoms with van der Waals surface area (Å²) in [7, 11) is 1.41. The maximum absolute atomic E-state index is 14.5.